The molecule has 2 fully saturated rings. The second kappa shape index (κ2) is 8.02. The molecule has 0 N–H and O–H groups in total. The van der Waals surface area contributed by atoms with Crippen molar-refractivity contribution in [1.82, 2.24) is 0 Å². The fourth-order valence-corrected chi connectivity index (χ4v) is 4.03. The topological polar surface area (TPSA) is 18.5 Å². The van der Waals surface area contributed by atoms with Crippen LogP contribution < -0.4 is 0 Å². The number of hydrogen-bond acceptors (Lipinski definition) is 2. The van der Waals surface area contributed by atoms with Crippen LogP contribution in [-0.2, 0) is 9.47 Å². The van der Waals surface area contributed by atoms with Crippen molar-refractivity contribution in [1.29, 1.82) is 0 Å². The average molecular weight is 467 g/mol. The van der Waals surface area contributed by atoms with E-state index in [0.717, 1.165) is 0 Å². The van der Waals surface area contributed by atoms with Gasteiger partial charge in [-0.25, -0.2) is 17.6 Å². The molecule has 12 heteroatoms. The first kappa shape index (κ1) is 22.1. The monoisotopic (exact) mass is 466 g/mol. The fraction of sp³-hybridized carbons (Fsp3) is 1.00. The molecular weight excluding hydrogens is 451 g/mol. The predicted octanol–water partition coefficient (Wildman–Crippen LogP) is 5.19. The Balaban J connectivity index is 2.02. The SMILES string of the molecule is FC1CC(OC(F)(F)C2C(F)CC(Br)CC2F)CC(F)C1OC(F)(F)F. The van der Waals surface area contributed by atoms with Crippen LogP contribution in [0.15, 0.2) is 0 Å². The van der Waals surface area contributed by atoms with Gasteiger partial charge in [-0.3, -0.25) is 4.74 Å². The first-order valence-corrected chi connectivity index (χ1v) is 8.72. The van der Waals surface area contributed by atoms with Crippen molar-refractivity contribution in [3.05, 3.63) is 0 Å². The lowest BCUT2D eigenvalue weighted by Crippen LogP contribution is -2.52. The molecule has 0 aromatic heterocycles. The molecule has 26 heavy (non-hydrogen) atoms. The molecule has 0 aromatic carbocycles. The third kappa shape index (κ3) is 5.40. The third-order valence-corrected chi connectivity index (χ3v) is 5.16. The number of rotatable bonds is 4. The molecule has 2 nitrogen and oxygen atoms in total. The van der Waals surface area contributed by atoms with Gasteiger partial charge in [0.1, 0.15) is 36.7 Å². The van der Waals surface area contributed by atoms with Crippen LogP contribution in [0.1, 0.15) is 25.7 Å². The molecular formula is C14H16BrF9O2. The van der Waals surface area contributed by atoms with Crippen molar-refractivity contribution in [3.63, 3.8) is 0 Å². The van der Waals surface area contributed by atoms with Gasteiger partial charge < -0.3 is 4.74 Å². The van der Waals surface area contributed by atoms with Crippen molar-refractivity contribution in [2.24, 2.45) is 5.92 Å². The van der Waals surface area contributed by atoms with E-state index in [2.05, 4.69) is 25.4 Å². The molecule has 0 aliphatic heterocycles. The Morgan fingerprint density at radius 2 is 1.15 bits per heavy atom. The van der Waals surface area contributed by atoms with Crippen molar-refractivity contribution in [2.45, 2.75) is 79.9 Å². The quantitative estimate of drug-likeness (QED) is 0.419. The van der Waals surface area contributed by atoms with E-state index in [4.69, 9.17) is 0 Å². The summed E-state index contributed by atoms with van der Waals surface area (Å²) in [5.41, 5.74) is 0. The molecule has 0 radical (unpaired) electrons. The Kier molecular flexibility index (Phi) is 6.81. The highest BCUT2D eigenvalue weighted by molar-refractivity contribution is 9.09. The zero-order valence-electron chi connectivity index (χ0n) is 13.0. The van der Waals surface area contributed by atoms with E-state index in [1.807, 2.05) is 0 Å². The zero-order chi connectivity index (χ0) is 19.9. The molecule has 0 bridgehead atoms. The molecule has 0 amide bonds. The molecule has 0 spiro atoms. The van der Waals surface area contributed by atoms with Crippen LogP contribution in [0.4, 0.5) is 39.5 Å². The minimum absolute atomic E-state index is 0.395. The summed E-state index contributed by atoms with van der Waals surface area (Å²) >= 11 is 2.94. The van der Waals surface area contributed by atoms with Gasteiger partial charge in [0.05, 0.1) is 6.10 Å². The van der Waals surface area contributed by atoms with E-state index >= 15 is 0 Å². The van der Waals surface area contributed by atoms with Crippen LogP contribution in [0.2, 0.25) is 0 Å². The normalized spacial score (nSPS) is 42.7. The Labute approximate surface area is 151 Å². The van der Waals surface area contributed by atoms with E-state index in [9.17, 15) is 39.5 Å². The maximum absolute atomic E-state index is 14.2. The standard InChI is InChI=1S/C14H16BrF9O2/c15-5-1-7(16)11(8(17)2-5)13(20,21)25-6-3-9(18)12(10(19)4-6)26-14(22,23)24/h5-12H,1-4H2. The molecule has 0 aromatic rings. The highest BCUT2D eigenvalue weighted by Gasteiger charge is 2.56. The summed E-state index contributed by atoms with van der Waals surface area (Å²) in [4.78, 5) is -0.639. The summed E-state index contributed by atoms with van der Waals surface area (Å²) in [7, 11) is 0. The minimum atomic E-state index is -5.30. The van der Waals surface area contributed by atoms with Gasteiger partial charge in [-0.05, 0) is 12.8 Å². The molecule has 2 rings (SSSR count). The minimum Gasteiger partial charge on any atom is -0.317 e. The maximum Gasteiger partial charge on any atom is 0.522 e. The highest BCUT2D eigenvalue weighted by atomic mass is 79.9. The van der Waals surface area contributed by atoms with E-state index in [1.54, 1.807) is 0 Å². The Hall–Kier alpha value is -0.230. The van der Waals surface area contributed by atoms with Gasteiger partial charge in [-0.2, -0.15) is 8.78 Å². The second-order valence-electron chi connectivity index (χ2n) is 6.46. The van der Waals surface area contributed by atoms with Crippen molar-refractivity contribution in [2.75, 3.05) is 0 Å². The average Bonchev–Trinajstić information content (AvgIpc) is 2.39. The zero-order valence-corrected chi connectivity index (χ0v) is 14.6. The highest BCUT2D eigenvalue weighted by Crippen LogP contribution is 2.45. The lowest BCUT2D eigenvalue weighted by atomic mass is 9.84. The van der Waals surface area contributed by atoms with Crippen LogP contribution >= 0.6 is 15.9 Å². The molecule has 2 aliphatic carbocycles. The van der Waals surface area contributed by atoms with Crippen LogP contribution in [0.3, 0.4) is 0 Å². The van der Waals surface area contributed by atoms with E-state index in [-0.39, 0.29) is 0 Å². The third-order valence-electron chi connectivity index (χ3n) is 4.41. The maximum atomic E-state index is 14.2. The molecule has 2 saturated carbocycles. The molecule has 0 saturated heterocycles. The Morgan fingerprint density at radius 1 is 0.692 bits per heavy atom. The fourth-order valence-electron chi connectivity index (χ4n) is 3.32. The summed E-state index contributed by atoms with van der Waals surface area (Å²) in [5.74, 6) is -2.46. The van der Waals surface area contributed by atoms with Crippen molar-refractivity contribution < 1.29 is 49.0 Å². The van der Waals surface area contributed by atoms with Crippen molar-refractivity contribution >= 4 is 15.9 Å². The van der Waals surface area contributed by atoms with Gasteiger partial charge in [0, 0.05) is 17.7 Å². The molecule has 4 unspecified atom stereocenters. The van der Waals surface area contributed by atoms with Crippen LogP contribution in [0.5, 0.6) is 0 Å². The summed E-state index contributed by atoms with van der Waals surface area (Å²) < 4.78 is 128. The van der Waals surface area contributed by atoms with Crippen LogP contribution in [0, 0.1) is 5.92 Å². The molecule has 154 valence electrons. The lowest BCUT2D eigenvalue weighted by molar-refractivity contribution is -0.366. The number of halogens is 10. The second-order valence-corrected chi connectivity index (χ2v) is 7.75. The van der Waals surface area contributed by atoms with Gasteiger partial charge in [0.2, 0.25) is 0 Å². The van der Waals surface area contributed by atoms with Gasteiger partial charge in [0.15, 0.2) is 0 Å². The van der Waals surface area contributed by atoms with E-state index in [0.29, 0.717) is 0 Å². The van der Waals surface area contributed by atoms with Crippen molar-refractivity contribution in [3.8, 4) is 0 Å². The smallest absolute Gasteiger partial charge is 0.317 e. The van der Waals surface area contributed by atoms with Gasteiger partial charge in [0.25, 0.3) is 0 Å². The van der Waals surface area contributed by atoms with E-state index < -0.39 is 85.8 Å². The first-order valence-electron chi connectivity index (χ1n) is 7.80. The Bertz CT molecular complexity index is 454. The molecule has 2 aliphatic rings. The van der Waals surface area contributed by atoms with Gasteiger partial charge in [-0.15, -0.1) is 13.2 Å². The van der Waals surface area contributed by atoms with Crippen LogP contribution in [0.25, 0.3) is 0 Å². The predicted molar refractivity (Wildman–Crippen MR) is 75.0 cm³/mol. The molecule has 0 heterocycles. The molecule has 4 atom stereocenters. The summed E-state index contributed by atoms with van der Waals surface area (Å²) in [5, 5.41) is 0. The number of hydrogen-bond donors (Lipinski definition) is 0. The largest absolute Gasteiger partial charge is 0.522 e. The van der Waals surface area contributed by atoms with Gasteiger partial charge >= 0.3 is 12.5 Å². The Morgan fingerprint density at radius 3 is 1.58 bits per heavy atom. The van der Waals surface area contributed by atoms with E-state index in [1.165, 1.54) is 0 Å². The van der Waals surface area contributed by atoms with Gasteiger partial charge in [-0.1, -0.05) is 15.9 Å². The lowest BCUT2D eigenvalue weighted by Gasteiger charge is -2.40. The number of ether oxygens (including phenoxy) is 2. The summed E-state index contributed by atoms with van der Waals surface area (Å²) in [6, 6.07) is 0. The first-order chi connectivity index (χ1) is 11.8. The van der Waals surface area contributed by atoms with Crippen LogP contribution in [-0.4, -0.2) is 54.2 Å². The summed E-state index contributed by atoms with van der Waals surface area (Å²) in [6.07, 6.45) is -26.5. The number of alkyl halides is 10. The summed E-state index contributed by atoms with van der Waals surface area (Å²) in [6.45, 7) is 0.